The zero-order valence-electron chi connectivity index (χ0n) is 20.1. The third-order valence-corrected chi connectivity index (χ3v) is 6.20. The lowest BCUT2D eigenvalue weighted by Crippen LogP contribution is -2.35. The van der Waals surface area contributed by atoms with Gasteiger partial charge in [-0.25, -0.2) is 0 Å². The number of benzene rings is 2. The molecule has 0 radical (unpaired) electrons. The maximum Gasteiger partial charge on any atom is 0.255 e. The van der Waals surface area contributed by atoms with Crippen molar-refractivity contribution >= 4 is 23.2 Å². The summed E-state index contributed by atoms with van der Waals surface area (Å²) in [5, 5.41) is 6.05. The van der Waals surface area contributed by atoms with Crippen molar-refractivity contribution in [3.63, 3.8) is 0 Å². The van der Waals surface area contributed by atoms with Gasteiger partial charge in [0.2, 0.25) is 0 Å². The Morgan fingerprint density at radius 3 is 2.22 bits per heavy atom. The van der Waals surface area contributed by atoms with Crippen LogP contribution in [0.1, 0.15) is 86.6 Å². The molecule has 1 saturated heterocycles. The van der Waals surface area contributed by atoms with Gasteiger partial charge in [-0.3, -0.25) is 9.59 Å². The SMILES string of the molecule is CC[C@@H](C)NC(=O)c1cc(NC(=O)c2ccc(C(C)(C)C)cc2)ccc1N1CCCCC1. The van der Waals surface area contributed by atoms with E-state index in [4.69, 9.17) is 0 Å². The minimum Gasteiger partial charge on any atom is -0.371 e. The fraction of sp³-hybridized carbons (Fsp3) is 0.481. The van der Waals surface area contributed by atoms with Crippen LogP contribution in [0.4, 0.5) is 11.4 Å². The summed E-state index contributed by atoms with van der Waals surface area (Å²) in [6.45, 7) is 12.4. The third kappa shape index (κ3) is 5.90. The van der Waals surface area contributed by atoms with Crippen LogP contribution in [0.15, 0.2) is 42.5 Å². The molecule has 0 spiro atoms. The lowest BCUT2D eigenvalue weighted by molar-refractivity contribution is 0.0938. The minimum absolute atomic E-state index is 0.0389. The predicted octanol–water partition coefficient (Wildman–Crippen LogP) is 5.76. The van der Waals surface area contributed by atoms with Crippen molar-refractivity contribution in [1.82, 2.24) is 5.32 Å². The monoisotopic (exact) mass is 435 g/mol. The summed E-state index contributed by atoms with van der Waals surface area (Å²) in [7, 11) is 0. The third-order valence-electron chi connectivity index (χ3n) is 6.20. The quantitative estimate of drug-likeness (QED) is 0.607. The van der Waals surface area contributed by atoms with Crippen LogP contribution < -0.4 is 15.5 Å². The molecule has 5 nitrogen and oxygen atoms in total. The van der Waals surface area contributed by atoms with E-state index < -0.39 is 0 Å². The molecule has 2 aromatic rings. The number of piperidine rings is 1. The second kappa shape index (κ2) is 10.2. The molecule has 1 fully saturated rings. The molecular formula is C27H37N3O2. The van der Waals surface area contributed by atoms with Crippen molar-refractivity contribution < 1.29 is 9.59 Å². The van der Waals surface area contributed by atoms with Crippen molar-refractivity contribution in [2.75, 3.05) is 23.3 Å². The van der Waals surface area contributed by atoms with E-state index in [-0.39, 0.29) is 23.3 Å². The first-order chi connectivity index (χ1) is 15.2. The number of carbonyl (C=O) groups excluding carboxylic acids is 2. The van der Waals surface area contributed by atoms with E-state index in [9.17, 15) is 9.59 Å². The van der Waals surface area contributed by atoms with Crippen molar-refractivity contribution in [3.8, 4) is 0 Å². The summed E-state index contributed by atoms with van der Waals surface area (Å²) in [4.78, 5) is 28.2. The van der Waals surface area contributed by atoms with Gasteiger partial charge in [0.1, 0.15) is 0 Å². The number of carbonyl (C=O) groups is 2. The van der Waals surface area contributed by atoms with Gasteiger partial charge in [0.25, 0.3) is 11.8 Å². The molecule has 2 N–H and O–H groups in total. The predicted molar refractivity (Wildman–Crippen MR) is 133 cm³/mol. The number of anilines is 2. The molecule has 0 bridgehead atoms. The fourth-order valence-electron chi connectivity index (χ4n) is 3.93. The van der Waals surface area contributed by atoms with Gasteiger partial charge < -0.3 is 15.5 Å². The molecule has 0 aromatic heterocycles. The van der Waals surface area contributed by atoms with Crippen molar-refractivity contribution in [2.24, 2.45) is 0 Å². The number of nitrogens with one attached hydrogen (secondary N) is 2. The molecule has 172 valence electrons. The number of nitrogens with zero attached hydrogens (tertiary/aromatic N) is 1. The maximum absolute atomic E-state index is 13.1. The topological polar surface area (TPSA) is 61.4 Å². The number of rotatable bonds is 6. The summed E-state index contributed by atoms with van der Waals surface area (Å²) in [6.07, 6.45) is 4.36. The summed E-state index contributed by atoms with van der Waals surface area (Å²) in [6, 6.07) is 13.5. The zero-order valence-corrected chi connectivity index (χ0v) is 20.1. The molecule has 3 rings (SSSR count). The van der Waals surface area contributed by atoms with Gasteiger partial charge in [0, 0.05) is 36.1 Å². The van der Waals surface area contributed by atoms with Gasteiger partial charge >= 0.3 is 0 Å². The highest BCUT2D eigenvalue weighted by Gasteiger charge is 2.21. The fourth-order valence-corrected chi connectivity index (χ4v) is 3.93. The molecule has 1 aliphatic heterocycles. The lowest BCUT2D eigenvalue weighted by atomic mass is 9.87. The van der Waals surface area contributed by atoms with Crippen LogP contribution in [0.3, 0.4) is 0 Å². The van der Waals surface area contributed by atoms with Crippen LogP contribution in [0, 0.1) is 0 Å². The van der Waals surface area contributed by atoms with Gasteiger partial charge in [-0.05, 0) is 73.9 Å². The molecule has 0 unspecified atom stereocenters. The number of hydrogen-bond donors (Lipinski definition) is 2. The van der Waals surface area contributed by atoms with E-state index in [0.29, 0.717) is 16.8 Å². The van der Waals surface area contributed by atoms with Gasteiger partial charge in [0.15, 0.2) is 0 Å². The highest BCUT2D eigenvalue weighted by molar-refractivity contribution is 6.06. The molecule has 32 heavy (non-hydrogen) atoms. The molecule has 1 atom stereocenters. The first-order valence-corrected chi connectivity index (χ1v) is 11.8. The molecule has 2 aromatic carbocycles. The van der Waals surface area contributed by atoms with E-state index in [0.717, 1.165) is 38.0 Å². The average Bonchev–Trinajstić information content (AvgIpc) is 2.79. The molecule has 0 saturated carbocycles. The first kappa shape index (κ1) is 23.8. The second-order valence-electron chi connectivity index (χ2n) is 9.84. The molecule has 1 heterocycles. The lowest BCUT2D eigenvalue weighted by Gasteiger charge is -2.31. The van der Waals surface area contributed by atoms with Crippen molar-refractivity contribution in [2.45, 2.75) is 71.8 Å². The minimum atomic E-state index is -0.176. The van der Waals surface area contributed by atoms with Gasteiger partial charge in [-0.15, -0.1) is 0 Å². The van der Waals surface area contributed by atoms with Crippen LogP contribution in [0.2, 0.25) is 0 Å². The molecular weight excluding hydrogens is 398 g/mol. The largest absolute Gasteiger partial charge is 0.371 e. The van der Waals surface area contributed by atoms with Gasteiger partial charge in [-0.2, -0.15) is 0 Å². The summed E-state index contributed by atoms with van der Waals surface area (Å²) < 4.78 is 0. The normalized spacial score (nSPS) is 15.2. The van der Waals surface area contributed by atoms with Gasteiger partial charge in [-0.1, -0.05) is 39.8 Å². The van der Waals surface area contributed by atoms with Crippen molar-refractivity contribution in [3.05, 3.63) is 59.2 Å². The van der Waals surface area contributed by atoms with Crippen LogP contribution in [-0.2, 0) is 5.41 Å². The zero-order chi connectivity index (χ0) is 23.3. The van der Waals surface area contributed by atoms with E-state index in [1.165, 1.54) is 12.0 Å². The van der Waals surface area contributed by atoms with Gasteiger partial charge in [0.05, 0.1) is 5.56 Å². The summed E-state index contributed by atoms with van der Waals surface area (Å²) >= 11 is 0. The molecule has 1 aliphatic rings. The summed E-state index contributed by atoms with van der Waals surface area (Å²) in [5.41, 5.74) is 4.01. The van der Waals surface area contributed by atoms with E-state index in [1.54, 1.807) is 0 Å². The Balaban J connectivity index is 1.84. The average molecular weight is 436 g/mol. The van der Waals surface area contributed by atoms with Crippen LogP contribution in [0.5, 0.6) is 0 Å². The van der Waals surface area contributed by atoms with E-state index in [2.05, 4.69) is 43.2 Å². The van der Waals surface area contributed by atoms with Crippen molar-refractivity contribution in [1.29, 1.82) is 0 Å². The Morgan fingerprint density at radius 2 is 1.62 bits per heavy atom. The maximum atomic E-state index is 13.1. The summed E-state index contributed by atoms with van der Waals surface area (Å²) in [5.74, 6) is -0.269. The first-order valence-electron chi connectivity index (χ1n) is 11.8. The Bertz CT molecular complexity index is 938. The molecule has 2 amide bonds. The molecule has 0 aliphatic carbocycles. The highest BCUT2D eigenvalue weighted by Crippen LogP contribution is 2.28. The second-order valence-corrected chi connectivity index (χ2v) is 9.84. The molecule has 5 heteroatoms. The van der Waals surface area contributed by atoms with Crippen LogP contribution in [0.25, 0.3) is 0 Å². The van der Waals surface area contributed by atoms with Crippen LogP contribution in [-0.4, -0.2) is 30.9 Å². The smallest absolute Gasteiger partial charge is 0.255 e. The standard InChI is InChI=1S/C27H37N3O2/c1-6-19(2)28-26(32)23-18-22(14-15-24(23)30-16-8-7-9-17-30)29-25(31)20-10-12-21(13-11-20)27(3,4)5/h10-15,18-19H,6-9,16-17H2,1-5H3,(H,28,32)(H,29,31)/t19-/m1/s1. The van der Waals surface area contributed by atoms with E-state index in [1.807, 2.05) is 49.4 Å². The number of hydrogen-bond acceptors (Lipinski definition) is 3. The Hall–Kier alpha value is -2.82. The Labute approximate surface area is 192 Å². The Morgan fingerprint density at radius 1 is 0.969 bits per heavy atom. The highest BCUT2D eigenvalue weighted by atomic mass is 16.2. The van der Waals surface area contributed by atoms with E-state index >= 15 is 0 Å². The Kier molecular flexibility index (Phi) is 7.60. The van der Waals surface area contributed by atoms with Crippen LogP contribution >= 0.6 is 0 Å². The number of amides is 2.